The summed E-state index contributed by atoms with van der Waals surface area (Å²) >= 11 is 0. The molecule has 6 heteroatoms. The lowest BCUT2D eigenvalue weighted by molar-refractivity contribution is -0.122. The number of rotatable bonds is 4. The fraction of sp³-hybridized carbons (Fsp3) is 0.538. The van der Waals surface area contributed by atoms with Crippen LogP contribution in [0.5, 0.6) is 5.95 Å². The molecule has 1 aromatic heterocycles. The molecular weight excluding hydrogens is 248 g/mol. The standard InChI is InChI=1S/C13H18N2O4/c1-2-18-11-7-6-10(19-11)13(17)15-9-5-3-4-8-14-12(9)16/h6-7,9H,2-5,8H2,1H3,(H,14,16)(H,15,17)/t9-/m0/s1. The first kappa shape index (κ1) is 13.5. The molecule has 1 aliphatic rings. The van der Waals surface area contributed by atoms with Crippen LogP contribution in [0.25, 0.3) is 0 Å². The summed E-state index contributed by atoms with van der Waals surface area (Å²) in [5.74, 6) is -0.0751. The molecule has 0 aliphatic carbocycles. The second-order valence-electron chi connectivity index (χ2n) is 4.36. The predicted octanol–water partition coefficient (Wildman–Crippen LogP) is 1.08. The zero-order valence-corrected chi connectivity index (χ0v) is 10.9. The van der Waals surface area contributed by atoms with Gasteiger partial charge in [-0.2, -0.15) is 0 Å². The SMILES string of the molecule is CCOc1ccc(C(=O)N[C@H]2CCCCNC2=O)o1. The lowest BCUT2D eigenvalue weighted by Crippen LogP contribution is -2.45. The Morgan fingerprint density at radius 1 is 1.53 bits per heavy atom. The van der Waals surface area contributed by atoms with Crippen LogP contribution in [0.2, 0.25) is 0 Å². The van der Waals surface area contributed by atoms with Crippen LogP contribution in [0.4, 0.5) is 0 Å². The summed E-state index contributed by atoms with van der Waals surface area (Å²) in [6.45, 7) is 2.97. The second kappa shape index (κ2) is 6.26. The second-order valence-corrected chi connectivity index (χ2v) is 4.36. The fourth-order valence-electron chi connectivity index (χ4n) is 1.97. The normalized spacial score (nSPS) is 19.4. The highest BCUT2D eigenvalue weighted by atomic mass is 16.6. The average molecular weight is 266 g/mol. The molecule has 104 valence electrons. The molecule has 1 fully saturated rings. The molecule has 0 radical (unpaired) electrons. The first-order valence-electron chi connectivity index (χ1n) is 6.52. The van der Waals surface area contributed by atoms with E-state index in [2.05, 4.69) is 10.6 Å². The first-order chi connectivity index (χ1) is 9.20. The van der Waals surface area contributed by atoms with Crippen LogP contribution in [-0.4, -0.2) is 31.0 Å². The van der Waals surface area contributed by atoms with Gasteiger partial charge in [0.25, 0.3) is 11.9 Å². The largest absolute Gasteiger partial charge is 0.465 e. The highest BCUT2D eigenvalue weighted by molar-refractivity contribution is 5.95. The van der Waals surface area contributed by atoms with Gasteiger partial charge in [0.2, 0.25) is 5.91 Å². The maximum absolute atomic E-state index is 11.9. The summed E-state index contributed by atoms with van der Waals surface area (Å²) in [5, 5.41) is 5.45. The van der Waals surface area contributed by atoms with Crippen molar-refractivity contribution in [2.75, 3.05) is 13.2 Å². The lowest BCUT2D eigenvalue weighted by atomic mass is 10.1. The van der Waals surface area contributed by atoms with Crippen molar-refractivity contribution in [2.45, 2.75) is 32.2 Å². The molecule has 2 heterocycles. The molecule has 0 aromatic carbocycles. The van der Waals surface area contributed by atoms with Gasteiger partial charge in [-0.15, -0.1) is 0 Å². The first-order valence-corrected chi connectivity index (χ1v) is 6.52. The fourth-order valence-corrected chi connectivity index (χ4v) is 1.97. The Hall–Kier alpha value is -1.98. The van der Waals surface area contributed by atoms with Crippen LogP contribution < -0.4 is 15.4 Å². The highest BCUT2D eigenvalue weighted by Crippen LogP contribution is 2.16. The molecule has 1 aliphatic heterocycles. The number of nitrogens with one attached hydrogen (secondary N) is 2. The maximum atomic E-state index is 11.9. The topological polar surface area (TPSA) is 80.6 Å². The molecule has 19 heavy (non-hydrogen) atoms. The van der Waals surface area contributed by atoms with Gasteiger partial charge in [0, 0.05) is 12.6 Å². The van der Waals surface area contributed by atoms with Crippen LogP contribution >= 0.6 is 0 Å². The van der Waals surface area contributed by atoms with Crippen molar-refractivity contribution in [1.82, 2.24) is 10.6 Å². The molecule has 1 aromatic rings. The van der Waals surface area contributed by atoms with E-state index in [0.717, 1.165) is 12.8 Å². The van der Waals surface area contributed by atoms with Gasteiger partial charge in [-0.1, -0.05) is 0 Å². The van der Waals surface area contributed by atoms with Gasteiger partial charge in [0.15, 0.2) is 5.76 Å². The van der Waals surface area contributed by atoms with Gasteiger partial charge in [0.05, 0.1) is 6.61 Å². The predicted molar refractivity (Wildman–Crippen MR) is 68.0 cm³/mol. The minimum absolute atomic E-state index is 0.137. The highest BCUT2D eigenvalue weighted by Gasteiger charge is 2.24. The lowest BCUT2D eigenvalue weighted by Gasteiger charge is -2.13. The van der Waals surface area contributed by atoms with E-state index in [1.54, 1.807) is 6.07 Å². The molecular formula is C13H18N2O4. The zero-order valence-electron chi connectivity index (χ0n) is 10.9. The molecule has 0 unspecified atom stereocenters. The Morgan fingerprint density at radius 2 is 2.37 bits per heavy atom. The number of furan rings is 1. The molecule has 2 N–H and O–H groups in total. The summed E-state index contributed by atoms with van der Waals surface area (Å²) < 4.78 is 10.4. The van der Waals surface area contributed by atoms with Gasteiger partial charge in [-0.05, 0) is 32.3 Å². The summed E-state index contributed by atoms with van der Waals surface area (Å²) in [5.41, 5.74) is 0. The van der Waals surface area contributed by atoms with E-state index in [1.807, 2.05) is 6.92 Å². The van der Waals surface area contributed by atoms with Crippen molar-refractivity contribution in [3.05, 3.63) is 17.9 Å². The maximum Gasteiger partial charge on any atom is 0.287 e. The number of hydrogen-bond donors (Lipinski definition) is 2. The molecule has 2 amide bonds. The van der Waals surface area contributed by atoms with Crippen molar-refractivity contribution in [3.63, 3.8) is 0 Å². The average Bonchev–Trinajstić information content (AvgIpc) is 2.77. The van der Waals surface area contributed by atoms with Crippen molar-refractivity contribution >= 4 is 11.8 Å². The van der Waals surface area contributed by atoms with Crippen LogP contribution in [0.15, 0.2) is 16.5 Å². The third kappa shape index (κ3) is 3.49. The number of hydrogen-bond acceptors (Lipinski definition) is 4. The Bertz CT molecular complexity index is 455. The Balaban J connectivity index is 1.96. The smallest absolute Gasteiger partial charge is 0.287 e. The molecule has 1 atom stereocenters. The van der Waals surface area contributed by atoms with E-state index in [-0.39, 0.29) is 11.7 Å². The van der Waals surface area contributed by atoms with E-state index in [0.29, 0.717) is 25.5 Å². The minimum atomic E-state index is -0.490. The van der Waals surface area contributed by atoms with Gasteiger partial charge < -0.3 is 19.8 Å². The van der Waals surface area contributed by atoms with Crippen LogP contribution in [0, 0.1) is 0 Å². The van der Waals surface area contributed by atoms with E-state index in [1.165, 1.54) is 6.07 Å². The minimum Gasteiger partial charge on any atom is -0.465 e. The Morgan fingerprint density at radius 3 is 3.16 bits per heavy atom. The number of carbonyl (C=O) groups excluding carboxylic acids is 2. The Labute approximate surface area is 111 Å². The molecule has 0 spiro atoms. The molecule has 0 saturated carbocycles. The van der Waals surface area contributed by atoms with E-state index < -0.39 is 11.9 Å². The van der Waals surface area contributed by atoms with Crippen LogP contribution in [0.1, 0.15) is 36.7 Å². The van der Waals surface area contributed by atoms with Gasteiger partial charge >= 0.3 is 0 Å². The Kier molecular flexibility index (Phi) is 4.43. The molecule has 2 rings (SSSR count). The quantitative estimate of drug-likeness (QED) is 0.854. The number of ether oxygens (including phenoxy) is 1. The van der Waals surface area contributed by atoms with Gasteiger partial charge in [-0.25, -0.2) is 0 Å². The number of amides is 2. The van der Waals surface area contributed by atoms with Crippen LogP contribution in [0.3, 0.4) is 0 Å². The summed E-state index contributed by atoms with van der Waals surface area (Å²) in [7, 11) is 0. The molecule has 0 bridgehead atoms. The summed E-state index contributed by atoms with van der Waals surface area (Å²) in [6, 6.07) is 2.64. The summed E-state index contributed by atoms with van der Waals surface area (Å²) in [6.07, 6.45) is 2.50. The third-order valence-corrected chi connectivity index (χ3v) is 2.93. The van der Waals surface area contributed by atoms with Crippen molar-refractivity contribution in [2.24, 2.45) is 0 Å². The van der Waals surface area contributed by atoms with E-state index in [4.69, 9.17) is 9.15 Å². The summed E-state index contributed by atoms with van der Waals surface area (Å²) in [4.78, 5) is 23.7. The monoisotopic (exact) mass is 266 g/mol. The molecule has 1 saturated heterocycles. The van der Waals surface area contributed by atoms with Crippen LogP contribution in [-0.2, 0) is 4.79 Å². The van der Waals surface area contributed by atoms with Gasteiger partial charge in [0.1, 0.15) is 6.04 Å². The van der Waals surface area contributed by atoms with Crippen molar-refractivity contribution in [1.29, 1.82) is 0 Å². The van der Waals surface area contributed by atoms with Crippen molar-refractivity contribution < 1.29 is 18.7 Å². The van der Waals surface area contributed by atoms with Gasteiger partial charge in [-0.3, -0.25) is 9.59 Å². The molecule has 6 nitrogen and oxygen atoms in total. The van der Waals surface area contributed by atoms with Crippen molar-refractivity contribution in [3.8, 4) is 5.95 Å². The third-order valence-electron chi connectivity index (χ3n) is 2.93. The van der Waals surface area contributed by atoms with E-state index in [9.17, 15) is 9.59 Å². The van der Waals surface area contributed by atoms with E-state index >= 15 is 0 Å². The number of carbonyl (C=O) groups is 2. The zero-order chi connectivity index (χ0) is 13.7.